The van der Waals surface area contributed by atoms with Gasteiger partial charge in [0.2, 0.25) is 0 Å². The van der Waals surface area contributed by atoms with Gasteiger partial charge in [-0.05, 0) is 31.4 Å². The van der Waals surface area contributed by atoms with E-state index in [0.29, 0.717) is 6.04 Å². The molecule has 4 heteroatoms. The van der Waals surface area contributed by atoms with Gasteiger partial charge in [0.1, 0.15) is 6.07 Å². The molecule has 0 aliphatic carbocycles. The Morgan fingerprint density at radius 1 is 1.35 bits per heavy atom. The average molecular weight is 289 g/mol. The topological polar surface area (TPSA) is 30.3 Å². The Labute approximate surface area is 126 Å². The molecule has 0 spiro atoms. The molecule has 108 valence electrons. The predicted octanol–water partition coefficient (Wildman–Crippen LogP) is 3.20. The van der Waals surface area contributed by atoms with Gasteiger partial charge >= 0.3 is 0 Å². The number of anilines is 1. The highest BCUT2D eigenvalue weighted by Gasteiger charge is 2.25. The molecule has 0 N–H and O–H groups in total. The van der Waals surface area contributed by atoms with E-state index < -0.39 is 0 Å². The normalized spacial score (nSPS) is 19.9. The Balaban J connectivity index is 2.28. The van der Waals surface area contributed by atoms with E-state index in [1.54, 1.807) is 11.8 Å². The molecule has 1 aliphatic rings. The molecule has 0 amide bonds. The maximum atomic E-state index is 9.53. The van der Waals surface area contributed by atoms with E-state index in [0.717, 1.165) is 48.0 Å². The lowest BCUT2D eigenvalue weighted by Gasteiger charge is -2.40. The zero-order valence-corrected chi connectivity index (χ0v) is 13.4. The van der Waals surface area contributed by atoms with Crippen LogP contribution in [-0.4, -0.2) is 43.4 Å². The molecule has 1 aliphatic heterocycles. The highest BCUT2D eigenvalue weighted by Crippen LogP contribution is 2.31. The van der Waals surface area contributed by atoms with Crippen LogP contribution in [-0.2, 0) is 0 Å². The van der Waals surface area contributed by atoms with Gasteiger partial charge in [-0.25, -0.2) is 0 Å². The fourth-order valence-corrected chi connectivity index (χ4v) is 3.56. The zero-order chi connectivity index (χ0) is 14.5. The van der Waals surface area contributed by atoms with Crippen molar-refractivity contribution in [3.05, 3.63) is 23.8 Å². The summed E-state index contributed by atoms with van der Waals surface area (Å²) in [5.41, 5.74) is 1.95. The molecular formula is C16H23N3S. The van der Waals surface area contributed by atoms with Gasteiger partial charge in [0.25, 0.3) is 0 Å². The Morgan fingerprint density at radius 2 is 2.15 bits per heavy atom. The van der Waals surface area contributed by atoms with Crippen LogP contribution < -0.4 is 4.90 Å². The fourth-order valence-electron chi connectivity index (χ4n) is 2.78. The molecule has 0 aromatic heterocycles. The van der Waals surface area contributed by atoms with Gasteiger partial charge in [0, 0.05) is 30.6 Å². The van der Waals surface area contributed by atoms with Crippen LogP contribution in [0.4, 0.5) is 5.69 Å². The Bertz CT molecular complexity index is 495. The Hall–Kier alpha value is -1.18. The number of piperazine rings is 1. The van der Waals surface area contributed by atoms with Crippen LogP contribution in [0, 0.1) is 11.3 Å². The molecule has 1 aromatic carbocycles. The van der Waals surface area contributed by atoms with Crippen LogP contribution >= 0.6 is 11.8 Å². The SMILES string of the molecule is CCSc1cccc(N2CCN(C)C(CC)C2)c1C#N. The number of likely N-dealkylation sites (N-methyl/N-ethyl adjacent to an activating group) is 1. The van der Waals surface area contributed by atoms with Crippen molar-refractivity contribution < 1.29 is 0 Å². The van der Waals surface area contributed by atoms with Gasteiger partial charge in [-0.2, -0.15) is 5.26 Å². The van der Waals surface area contributed by atoms with E-state index in [4.69, 9.17) is 0 Å². The van der Waals surface area contributed by atoms with E-state index in [-0.39, 0.29) is 0 Å². The van der Waals surface area contributed by atoms with Crippen molar-refractivity contribution in [2.45, 2.75) is 31.2 Å². The number of nitrogens with zero attached hydrogens (tertiary/aromatic N) is 3. The van der Waals surface area contributed by atoms with Crippen LogP contribution in [0.3, 0.4) is 0 Å². The average Bonchev–Trinajstić information content (AvgIpc) is 2.48. The summed E-state index contributed by atoms with van der Waals surface area (Å²) in [5, 5.41) is 9.53. The lowest BCUT2D eigenvalue weighted by molar-refractivity contribution is 0.213. The smallest absolute Gasteiger partial charge is 0.103 e. The third kappa shape index (κ3) is 3.11. The predicted molar refractivity (Wildman–Crippen MR) is 86.5 cm³/mol. The van der Waals surface area contributed by atoms with Crippen molar-refractivity contribution in [1.82, 2.24) is 4.90 Å². The lowest BCUT2D eigenvalue weighted by atomic mass is 10.1. The van der Waals surface area contributed by atoms with Crippen LogP contribution in [0.15, 0.2) is 23.1 Å². The second-order valence-corrected chi connectivity index (χ2v) is 6.49. The van der Waals surface area contributed by atoms with E-state index >= 15 is 0 Å². The molecule has 1 atom stereocenters. The Morgan fingerprint density at radius 3 is 2.80 bits per heavy atom. The molecule has 0 saturated carbocycles. The third-order valence-electron chi connectivity index (χ3n) is 4.00. The standard InChI is InChI=1S/C16H23N3S/c1-4-13-12-19(10-9-18(13)3)15-7-6-8-16(20-5-2)14(15)11-17/h6-8,13H,4-5,9-10,12H2,1-3H3. The first-order valence-electron chi connectivity index (χ1n) is 7.32. The van der Waals surface area contributed by atoms with Crippen LogP contribution in [0.5, 0.6) is 0 Å². The summed E-state index contributed by atoms with van der Waals surface area (Å²) in [4.78, 5) is 5.92. The second kappa shape index (κ2) is 7.01. The fraction of sp³-hybridized carbons (Fsp3) is 0.562. The summed E-state index contributed by atoms with van der Waals surface area (Å²) in [6.07, 6.45) is 1.15. The molecular weight excluding hydrogens is 266 g/mol. The van der Waals surface area contributed by atoms with Crippen molar-refractivity contribution >= 4 is 17.4 Å². The number of thioether (sulfide) groups is 1. The molecule has 1 saturated heterocycles. The van der Waals surface area contributed by atoms with Crippen LogP contribution in [0.1, 0.15) is 25.8 Å². The van der Waals surface area contributed by atoms with Crippen molar-refractivity contribution in [3.63, 3.8) is 0 Å². The number of hydrogen-bond donors (Lipinski definition) is 0. The monoisotopic (exact) mass is 289 g/mol. The summed E-state index contributed by atoms with van der Waals surface area (Å²) in [5.74, 6) is 0.998. The van der Waals surface area contributed by atoms with Gasteiger partial charge in [-0.3, -0.25) is 4.90 Å². The van der Waals surface area contributed by atoms with Gasteiger partial charge in [0.05, 0.1) is 11.3 Å². The van der Waals surface area contributed by atoms with Crippen molar-refractivity contribution in [1.29, 1.82) is 5.26 Å². The highest BCUT2D eigenvalue weighted by molar-refractivity contribution is 7.99. The number of rotatable bonds is 4. The first-order valence-corrected chi connectivity index (χ1v) is 8.30. The quantitative estimate of drug-likeness (QED) is 0.796. The van der Waals surface area contributed by atoms with Crippen molar-refractivity contribution in [2.75, 3.05) is 37.3 Å². The maximum absolute atomic E-state index is 9.53. The molecule has 1 fully saturated rings. The van der Waals surface area contributed by atoms with Gasteiger partial charge in [-0.15, -0.1) is 11.8 Å². The first kappa shape index (κ1) is 15.2. The molecule has 1 unspecified atom stereocenters. The van der Waals surface area contributed by atoms with Crippen molar-refractivity contribution in [2.24, 2.45) is 0 Å². The molecule has 20 heavy (non-hydrogen) atoms. The first-order chi connectivity index (χ1) is 9.71. The number of benzene rings is 1. The number of hydrogen-bond acceptors (Lipinski definition) is 4. The maximum Gasteiger partial charge on any atom is 0.103 e. The summed E-state index contributed by atoms with van der Waals surface area (Å²) in [7, 11) is 2.19. The van der Waals surface area contributed by atoms with Gasteiger partial charge < -0.3 is 4.90 Å². The minimum Gasteiger partial charge on any atom is -0.368 e. The zero-order valence-electron chi connectivity index (χ0n) is 12.6. The van der Waals surface area contributed by atoms with E-state index in [1.807, 2.05) is 0 Å². The van der Waals surface area contributed by atoms with Gasteiger partial charge in [0.15, 0.2) is 0 Å². The summed E-state index contributed by atoms with van der Waals surface area (Å²) >= 11 is 1.75. The summed E-state index contributed by atoms with van der Waals surface area (Å²) in [6.45, 7) is 7.44. The third-order valence-corrected chi connectivity index (χ3v) is 4.94. The molecule has 0 bridgehead atoms. The minimum absolute atomic E-state index is 0.581. The summed E-state index contributed by atoms with van der Waals surface area (Å²) in [6, 6.07) is 9.23. The van der Waals surface area contributed by atoms with Crippen molar-refractivity contribution in [3.8, 4) is 6.07 Å². The molecule has 2 rings (SSSR count). The minimum atomic E-state index is 0.581. The highest BCUT2D eigenvalue weighted by atomic mass is 32.2. The van der Waals surface area contributed by atoms with E-state index in [2.05, 4.69) is 55.0 Å². The molecule has 0 radical (unpaired) electrons. The van der Waals surface area contributed by atoms with Gasteiger partial charge in [-0.1, -0.05) is 19.9 Å². The van der Waals surface area contributed by atoms with E-state index in [1.165, 1.54) is 0 Å². The lowest BCUT2D eigenvalue weighted by Crippen LogP contribution is -2.51. The second-order valence-electron chi connectivity index (χ2n) is 5.18. The largest absolute Gasteiger partial charge is 0.368 e. The van der Waals surface area contributed by atoms with Crippen LogP contribution in [0.25, 0.3) is 0 Å². The number of nitriles is 1. The molecule has 1 heterocycles. The molecule has 1 aromatic rings. The van der Waals surface area contributed by atoms with Crippen LogP contribution in [0.2, 0.25) is 0 Å². The van der Waals surface area contributed by atoms with E-state index in [9.17, 15) is 5.26 Å². The Kier molecular flexibility index (Phi) is 5.33. The summed E-state index contributed by atoms with van der Waals surface area (Å²) < 4.78 is 0. The molecule has 3 nitrogen and oxygen atoms in total.